The van der Waals surface area contributed by atoms with Gasteiger partial charge in [-0.25, -0.2) is 4.98 Å². The van der Waals surface area contributed by atoms with Crippen LogP contribution in [0.4, 0.5) is 0 Å². The van der Waals surface area contributed by atoms with E-state index in [1.54, 1.807) is 0 Å². The van der Waals surface area contributed by atoms with E-state index < -0.39 is 0 Å². The first-order valence-electron chi connectivity index (χ1n) is 8.62. The summed E-state index contributed by atoms with van der Waals surface area (Å²) >= 11 is 0. The van der Waals surface area contributed by atoms with E-state index in [9.17, 15) is 0 Å². The predicted molar refractivity (Wildman–Crippen MR) is 118 cm³/mol. The van der Waals surface area contributed by atoms with Crippen molar-refractivity contribution in [3.63, 3.8) is 0 Å². The molecule has 0 amide bonds. The molecule has 0 radical (unpaired) electrons. The normalized spacial score (nSPS) is 11.2. The summed E-state index contributed by atoms with van der Waals surface area (Å²) in [6.07, 6.45) is 5.12. The number of benzene rings is 1. The minimum atomic E-state index is 0. The number of aliphatic imine (C=N–C) groups is 1. The fourth-order valence-electron chi connectivity index (χ4n) is 2.88. The molecule has 0 saturated carbocycles. The number of aryl methyl sites for hydroxylation is 2. The number of fused-ring (bicyclic) bond motifs is 1. The molecule has 0 atom stereocenters. The van der Waals surface area contributed by atoms with Crippen molar-refractivity contribution in [1.82, 2.24) is 19.8 Å². The summed E-state index contributed by atoms with van der Waals surface area (Å²) in [5.41, 5.74) is 2.28. The van der Waals surface area contributed by atoms with Gasteiger partial charge in [0.15, 0.2) is 5.96 Å². The highest BCUT2D eigenvalue weighted by atomic mass is 127. The highest BCUT2D eigenvalue weighted by Crippen LogP contribution is 2.15. The van der Waals surface area contributed by atoms with Crippen LogP contribution in [0.3, 0.4) is 0 Å². The van der Waals surface area contributed by atoms with Crippen LogP contribution in [-0.4, -0.2) is 47.6 Å². The topological polar surface area (TPSA) is 45.5 Å². The number of guanidine groups is 1. The van der Waals surface area contributed by atoms with Crippen molar-refractivity contribution in [2.45, 2.75) is 32.7 Å². The summed E-state index contributed by atoms with van der Waals surface area (Å²) in [4.78, 5) is 11.1. The molecule has 0 bridgehead atoms. The second-order valence-electron chi connectivity index (χ2n) is 5.98. The number of para-hydroxylation sites is 2. The van der Waals surface area contributed by atoms with E-state index in [0.717, 1.165) is 56.2 Å². The molecular weight excluding hydrogens is 425 g/mol. The van der Waals surface area contributed by atoms with Crippen molar-refractivity contribution >= 4 is 41.0 Å². The Morgan fingerprint density at radius 1 is 1.36 bits per heavy atom. The summed E-state index contributed by atoms with van der Waals surface area (Å²) in [6.45, 7) is 8.66. The van der Waals surface area contributed by atoms with Gasteiger partial charge in [-0.3, -0.25) is 4.99 Å². The van der Waals surface area contributed by atoms with E-state index >= 15 is 0 Å². The number of allylic oxidation sites excluding steroid dienone is 1. The number of rotatable bonds is 8. The lowest BCUT2D eigenvalue weighted by atomic mass is 10.3. The third-order valence-corrected chi connectivity index (χ3v) is 4.16. The van der Waals surface area contributed by atoms with Gasteiger partial charge in [0, 0.05) is 33.7 Å². The first kappa shape index (κ1) is 21.5. The third-order valence-electron chi connectivity index (χ3n) is 4.16. The predicted octanol–water partition coefficient (Wildman–Crippen LogP) is 3.83. The van der Waals surface area contributed by atoms with Gasteiger partial charge in [0.1, 0.15) is 5.82 Å². The monoisotopic (exact) mass is 455 g/mol. The molecule has 0 aliphatic rings. The lowest BCUT2D eigenvalue weighted by Gasteiger charge is -2.22. The first-order valence-corrected chi connectivity index (χ1v) is 8.62. The van der Waals surface area contributed by atoms with Gasteiger partial charge in [0.25, 0.3) is 0 Å². The van der Waals surface area contributed by atoms with Crippen LogP contribution in [0.25, 0.3) is 11.0 Å². The van der Waals surface area contributed by atoms with Crippen molar-refractivity contribution in [2.75, 3.05) is 27.2 Å². The molecule has 0 saturated heterocycles. The molecule has 1 N–H and O–H groups in total. The number of imidazole rings is 1. The Morgan fingerprint density at radius 3 is 2.84 bits per heavy atom. The summed E-state index contributed by atoms with van der Waals surface area (Å²) in [5.74, 6) is 2.02. The van der Waals surface area contributed by atoms with Crippen LogP contribution in [0.5, 0.6) is 0 Å². The van der Waals surface area contributed by atoms with Gasteiger partial charge in [-0.1, -0.05) is 18.2 Å². The van der Waals surface area contributed by atoms with Crippen molar-refractivity contribution < 1.29 is 0 Å². The van der Waals surface area contributed by atoms with Crippen LogP contribution in [0.1, 0.15) is 25.1 Å². The van der Waals surface area contributed by atoms with Crippen molar-refractivity contribution in [3.05, 3.63) is 42.7 Å². The Hall–Kier alpha value is -1.57. The maximum Gasteiger partial charge on any atom is 0.193 e. The average molecular weight is 455 g/mol. The molecule has 25 heavy (non-hydrogen) atoms. The molecule has 1 aromatic heterocycles. The lowest BCUT2D eigenvalue weighted by Crippen LogP contribution is -2.40. The molecule has 0 unspecified atom stereocenters. The van der Waals surface area contributed by atoms with Gasteiger partial charge in [0.2, 0.25) is 0 Å². The van der Waals surface area contributed by atoms with E-state index in [0.29, 0.717) is 0 Å². The largest absolute Gasteiger partial charge is 0.356 e. The molecule has 138 valence electrons. The van der Waals surface area contributed by atoms with Gasteiger partial charge in [-0.15, -0.1) is 30.6 Å². The molecule has 5 nitrogen and oxygen atoms in total. The van der Waals surface area contributed by atoms with Crippen molar-refractivity contribution in [3.8, 4) is 0 Å². The minimum absolute atomic E-state index is 0. The summed E-state index contributed by atoms with van der Waals surface area (Å²) in [7, 11) is 3.91. The molecule has 2 aromatic rings. The SMILES string of the molecule is C=CCCCN(C)C(=NC)NCCCn1c(C)nc2ccccc21.I. The van der Waals surface area contributed by atoms with E-state index in [-0.39, 0.29) is 24.0 Å². The molecule has 0 aliphatic heterocycles. The Kier molecular flexibility index (Phi) is 9.55. The molecule has 6 heteroatoms. The van der Waals surface area contributed by atoms with Gasteiger partial charge >= 0.3 is 0 Å². The van der Waals surface area contributed by atoms with Crippen LogP contribution in [0, 0.1) is 6.92 Å². The van der Waals surface area contributed by atoms with E-state index in [1.807, 2.05) is 19.2 Å². The van der Waals surface area contributed by atoms with Crippen molar-refractivity contribution in [2.24, 2.45) is 4.99 Å². The number of nitrogens with zero attached hydrogens (tertiary/aromatic N) is 4. The molecule has 1 heterocycles. The number of halogens is 1. The first-order chi connectivity index (χ1) is 11.7. The molecule has 0 aliphatic carbocycles. The van der Waals surface area contributed by atoms with Gasteiger partial charge in [-0.05, 0) is 38.3 Å². The Morgan fingerprint density at radius 2 is 2.12 bits per heavy atom. The van der Waals surface area contributed by atoms with Gasteiger partial charge in [-0.2, -0.15) is 0 Å². The highest BCUT2D eigenvalue weighted by Gasteiger charge is 2.07. The van der Waals surface area contributed by atoms with Crippen LogP contribution >= 0.6 is 24.0 Å². The Labute approximate surface area is 168 Å². The molecule has 2 rings (SSSR count). The van der Waals surface area contributed by atoms with Gasteiger partial charge in [0.05, 0.1) is 11.0 Å². The third kappa shape index (κ3) is 6.02. The molecular formula is C19H30IN5. The van der Waals surface area contributed by atoms with Crippen LogP contribution in [0.2, 0.25) is 0 Å². The molecule has 0 fully saturated rings. The maximum atomic E-state index is 4.62. The minimum Gasteiger partial charge on any atom is -0.356 e. The number of hydrogen-bond donors (Lipinski definition) is 1. The van der Waals surface area contributed by atoms with Crippen LogP contribution in [-0.2, 0) is 6.54 Å². The fourth-order valence-corrected chi connectivity index (χ4v) is 2.88. The van der Waals surface area contributed by atoms with E-state index in [2.05, 4.69) is 63.5 Å². The Bertz CT molecular complexity index is 692. The quantitative estimate of drug-likeness (QED) is 0.216. The highest BCUT2D eigenvalue weighted by molar-refractivity contribution is 14.0. The zero-order valence-corrected chi connectivity index (χ0v) is 17.9. The number of nitrogens with one attached hydrogen (secondary N) is 1. The fraction of sp³-hybridized carbons (Fsp3) is 0.474. The summed E-state index contributed by atoms with van der Waals surface area (Å²) in [6, 6.07) is 8.30. The van der Waals surface area contributed by atoms with Gasteiger partial charge < -0.3 is 14.8 Å². The zero-order valence-electron chi connectivity index (χ0n) is 15.5. The van der Waals surface area contributed by atoms with Crippen LogP contribution < -0.4 is 5.32 Å². The number of unbranched alkanes of at least 4 members (excludes halogenated alkanes) is 1. The Balaban J connectivity index is 0.00000312. The second-order valence-corrected chi connectivity index (χ2v) is 5.98. The van der Waals surface area contributed by atoms with E-state index in [1.165, 1.54) is 5.52 Å². The standard InChI is InChI=1S/C19H29N5.HI/c1-5-6-9-14-23(4)19(20-3)21-13-10-15-24-16(2)22-17-11-7-8-12-18(17)24;/h5,7-8,11-12H,1,6,9-10,13-15H2,2-4H3,(H,20,21);1H. The number of aromatic nitrogens is 2. The summed E-state index contributed by atoms with van der Waals surface area (Å²) in [5, 5.41) is 3.44. The summed E-state index contributed by atoms with van der Waals surface area (Å²) < 4.78 is 2.29. The molecule has 1 aromatic carbocycles. The average Bonchev–Trinajstić information content (AvgIpc) is 2.90. The zero-order chi connectivity index (χ0) is 17.4. The second kappa shape index (κ2) is 11.1. The molecule has 0 spiro atoms. The lowest BCUT2D eigenvalue weighted by molar-refractivity contribution is 0.467. The van der Waals surface area contributed by atoms with Crippen LogP contribution in [0.15, 0.2) is 41.9 Å². The van der Waals surface area contributed by atoms with Crippen molar-refractivity contribution in [1.29, 1.82) is 0 Å². The maximum absolute atomic E-state index is 4.62. The number of hydrogen-bond acceptors (Lipinski definition) is 2. The van der Waals surface area contributed by atoms with E-state index in [4.69, 9.17) is 0 Å². The smallest absolute Gasteiger partial charge is 0.193 e.